The van der Waals surface area contributed by atoms with Crippen LogP contribution in [-0.2, 0) is 11.4 Å². The van der Waals surface area contributed by atoms with E-state index >= 15 is 0 Å². The smallest absolute Gasteiger partial charge is 0.311 e. The molecule has 1 N–H and O–H groups in total. The van der Waals surface area contributed by atoms with E-state index in [4.69, 9.17) is 9.47 Å². The van der Waals surface area contributed by atoms with Gasteiger partial charge in [-0.3, -0.25) is 4.79 Å². The van der Waals surface area contributed by atoms with Crippen molar-refractivity contribution in [2.24, 2.45) is 0 Å². The zero-order valence-electron chi connectivity index (χ0n) is 15.0. The van der Waals surface area contributed by atoms with Crippen molar-refractivity contribution in [1.82, 2.24) is 4.98 Å². The van der Waals surface area contributed by atoms with Crippen molar-refractivity contribution in [1.29, 1.82) is 0 Å². The first-order valence-corrected chi connectivity index (χ1v) is 9.28. The fraction of sp³-hybridized carbons (Fsp3) is 0.300. The number of nitrogens with zero attached hydrogens (tertiary/aromatic N) is 1. The number of fused-ring (bicyclic) bond motifs is 1. The minimum Gasteiger partial charge on any atom is -0.489 e. The molecule has 2 aromatic heterocycles. The molecule has 0 spiro atoms. The molecule has 0 saturated carbocycles. The number of pyridine rings is 1. The predicted molar refractivity (Wildman–Crippen MR) is 102 cm³/mol. The summed E-state index contributed by atoms with van der Waals surface area (Å²) in [6.07, 6.45) is 0.573. The number of aromatic nitrogens is 1. The molecule has 26 heavy (non-hydrogen) atoms. The molecule has 3 rings (SSSR count). The Morgan fingerprint density at radius 1 is 1.31 bits per heavy atom. The Bertz CT molecular complexity index is 935. The number of thiophene rings is 1. The van der Waals surface area contributed by atoms with Crippen LogP contribution >= 0.6 is 11.3 Å². The number of benzene rings is 1. The number of rotatable bonds is 7. The summed E-state index contributed by atoms with van der Waals surface area (Å²) in [5, 5.41) is 12.3. The number of hydrogen-bond donors (Lipinski definition) is 1. The van der Waals surface area contributed by atoms with E-state index < -0.39 is 11.9 Å². The summed E-state index contributed by atoms with van der Waals surface area (Å²) in [7, 11) is 1.59. The van der Waals surface area contributed by atoms with Crippen molar-refractivity contribution in [3.63, 3.8) is 0 Å². The van der Waals surface area contributed by atoms with E-state index in [1.165, 1.54) is 0 Å². The molecule has 1 unspecified atom stereocenters. The second-order valence-electron chi connectivity index (χ2n) is 6.03. The molecule has 5 nitrogen and oxygen atoms in total. The summed E-state index contributed by atoms with van der Waals surface area (Å²) in [5.41, 5.74) is 2.74. The average molecular weight is 371 g/mol. The Hall–Kier alpha value is -2.60. The van der Waals surface area contributed by atoms with E-state index in [2.05, 4.69) is 4.98 Å². The van der Waals surface area contributed by atoms with Crippen LogP contribution < -0.4 is 9.47 Å². The average Bonchev–Trinajstić information content (AvgIpc) is 3.04. The number of aryl methyl sites for hydroxylation is 1. The van der Waals surface area contributed by atoms with Gasteiger partial charge in [0.05, 0.1) is 13.0 Å². The maximum absolute atomic E-state index is 11.4. The van der Waals surface area contributed by atoms with Crippen LogP contribution in [0.25, 0.3) is 10.1 Å². The van der Waals surface area contributed by atoms with Crippen molar-refractivity contribution in [2.75, 3.05) is 7.11 Å². The molecule has 6 heteroatoms. The first-order chi connectivity index (χ1) is 12.5. The number of carboxylic acids is 1. The second kappa shape index (κ2) is 7.74. The topological polar surface area (TPSA) is 68.7 Å². The van der Waals surface area contributed by atoms with Gasteiger partial charge in [-0.05, 0) is 53.9 Å². The van der Waals surface area contributed by atoms with Crippen LogP contribution in [0.2, 0.25) is 0 Å². The molecular weight excluding hydrogens is 350 g/mol. The largest absolute Gasteiger partial charge is 0.489 e. The fourth-order valence-electron chi connectivity index (χ4n) is 2.91. The zero-order chi connectivity index (χ0) is 18.7. The third-order valence-electron chi connectivity index (χ3n) is 4.43. The van der Waals surface area contributed by atoms with Gasteiger partial charge in [-0.15, -0.1) is 11.3 Å². The maximum atomic E-state index is 11.4. The van der Waals surface area contributed by atoms with Crippen LogP contribution in [0.5, 0.6) is 11.6 Å². The Kier molecular flexibility index (Phi) is 5.42. The van der Waals surface area contributed by atoms with E-state index in [1.807, 2.05) is 49.6 Å². The fourth-order valence-corrected chi connectivity index (χ4v) is 3.95. The lowest BCUT2D eigenvalue weighted by molar-refractivity contribution is -0.138. The van der Waals surface area contributed by atoms with Gasteiger partial charge in [0, 0.05) is 22.0 Å². The third kappa shape index (κ3) is 3.65. The zero-order valence-corrected chi connectivity index (χ0v) is 15.8. The lowest BCUT2D eigenvalue weighted by Gasteiger charge is -2.11. The predicted octanol–water partition coefficient (Wildman–Crippen LogP) is 4.77. The summed E-state index contributed by atoms with van der Waals surface area (Å²) >= 11 is 1.55. The first-order valence-electron chi connectivity index (χ1n) is 8.40. The van der Waals surface area contributed by atoms with Gasteiger partial charge in [0.25, 0.3) is 0 Å². The Morgan fingerprint density at radius 2 is 2.12 bits per heavy atom. The van der Waals surface area contributed by atoms with Gasteiger partial charge < -0.3 is 14.6 Å². The van der Waals surface area contributed by atoms with Crippen molar-refractivity contribution in [3.8, 4) is 11.6 Å². The molecule has 0 bridgehead atoms. The van der Waals surface area contributed by atoms with Crippen molar-refractivity contribution < 1.29 is 19.4 Å². The molecule has 1 atom stereocenters. The number of carbonyl (C=O) groups is 1. The quantitative estimate of drug-likeness (QED) is 0.648. The Labute approximate surface area is 156 Å². The molecule has 0 amide bonds. The molecule has 0 radical (unpaired) electrons. The maximum Gasteiger partial charge on any atom is 0.311 e. The summed E-state index contributed by atoms with van der Waals surface area (Å²) in [5.74, 6) is 0.0886. The highest BCUT2D eigenvalue weighted by molar-refractivity contribution is 7.17. The summed E-state index contributed by atoms with van der Waals surface area (Å²) < 4.78 is 12.1. The molecule has 0 aliphatic rings. The molecule has 0 saturated heterocycles. The number of ether oxygens (including phenoxy) is 2. The van der Waals surface area contributed by atoms with Gasteiger partial charge >= 0.3 is 5.97 Å². The number of hydrogen-bond acceptors (Lipinski definition) is 5. The van der Waals surface area contributed by atoms with Gasteiger partial charge in [0.1, 0.15) is 12.4 Å². The lowest BCUT2D eigenvalue weighted by atomic mass is 9.96. The molecular formula is C20H21NO4S. The summed E-state index contributed by atoms with van der Waals surface area (Å²) in [6, 6.07) is 9.56. The summed E-state index contributed by atoms with van der Waals surface area (Å²) in [4.78, 5) is 15.8. The normalized spacial score (nSPS) is 12.1. The van der Waals surface area contributed by atoms with E-state index in [-0.39, 0.29) is 0 Å². The highest BCUT2D eigenvalue weighted by atomic mass is 32.1. The highest BCUT2D eigenvalue weighted by Gasteiger charge is 2.21. The molecule has 0 fully saturated rings. The van der Waals surface area contributed by atoms with Gasteiger partial charge in [0.15, 0.2) is 0 Å². The van der Waals surface area contributed by atoms with E-state index in [1.54, 1.807) is 18.4 Å². The van der Waals surface area contributed by atoms with Crippen LogP contribution in [-0.4, -0.2) is 23.2 Å². The van der Waals surface area contributed by atoms with Gasteiger partial charge in [-0.25, -0.2) is 4.98 Å². The Balaban J connectivity index is 1.79. The summed E-state index contributed by atoms with van der Waals surface area (Å²) in [6.45, 7) is 4.23. The van der Waals surface area contributed by atoms with Crippen LogP contribution in [0.4, 0.5) is 0 Å². The van der Waals surface area contributed by atoms with Crippen LogP contribution in [0.15, 0.2) is 35.7 Å². The molecule has 1 aromatic carbocycles. The highest BCUT2D eigenvalue weighted by Crippen LogP contribution is 2.35. The molecule has 0 aliphatic heterocycles. The van der Waals surface area contributed by atoms with E-state index in [0.29, 0.717) is 18.9 Å². The van der Waals surface area contributed by atoms with Gasteiger partial charge in [-0.1, -0.05) is 6.92 Å². The van der Waals surface area contributed by atoms with Crippen LogP contribution in [0, 0.1) is 6.92 Å². The van der Waals surface area contributed by atoms with Crippen LogP contribution in [0.3, 0.4) is 0 Å². The number of aliphatic carboxylic acids is 1. The van der Waals surface area contributed by atoms with E-state index in [0.717, 1.165) is 32.7 Å². The molecule has 136 valence electrons. The lowest BCUT2D eigenvalue weighted by Crippen LogP contribution is -2.09. The molecule has 0 aliphatic carbocycles. The first kappa shape index (κ1) is 18.2. The monoisotopic (exact) mass is 371 g/mol. The standard InChI is InChI=1S/C20H21NO4S/c1-4-15(20(22)23)17-11-26-18-9-14(6-7-16(17)18)25-10-13-5-8-19(24-3)21-12(13)2/h5-9,11,15H,4,10H2,1-3H3,(H,22,23). The number of carboxylic acid groups (broad SMARTS) is 1. The van der Waals surface area contributed by atoms with Gasteiger partial charge in [0.2, 0.25) is 5.88 Å². The minimum absolute atomic E-state index is 0.416. The van der Waals surface area contributed by atoms with Crippen molar-refractivity contribution >= 4 is 27.4 Å². The third-order valence-corrected chi connectivity index (χ3v) is 5.40. The Morgan fingerprint density at radius 3 is 2.77 bits per heavy atom. The number of methoxy groups -OCH3 is 1. The second-order valence-corrected chi connectivity index (χ2v) is 6.95. The minimum atomic E-state index is -0.782. The van der Waals surface area contributed by atoms with Gasteiger partial charge in [-0.2, -0.15) is 0 Å². The van der Waals surface area contributed by atoms with E-state index in [9.17, 15) is 9.90 Å². The van der Waals surface area contributed by atoms with Crippen LogP contribution in [0.1, 0.15) is 36.1 Å². The SMILES string of the molecule is CCC(C(=O)O)c1csc2cc(OCc3ccc(OC)nc3C)ccc12. The molecule has 2 heterocycles. The van der Waals surface area contributed by atoms with Crippen molar-refractivity contribution in [2.45, 2.75) is 32.8 Å². The van der Waals surface area contributed by atoms with Crippen molar-refractivity contribution in [3.05, 3.63) is 52.5 Å². The molecule has 3 aromatic rings.